The second-order valence-corrected chi connectivity index (χ2v) is 11.8. The van der Waals surface area contributed by atoms with Crippen LogP contribution in [0.4, 0.5) is 0 Å². The zero-order valence-electron chi connectivity index (χ0n) is 17.4. The van der Waals surface area contributed by atoms with Crippen LogP contribution < -0.4 is 5.32 Å². The van der Waals surface area contributed by atoms with Crippen molar-refractivity contribution in [2.75, 3.05) is 19.8 Å². The molecule has 2 amide bonds. The fourth-order valence-corrected chi connectivity index (χ4v) is 8.61. The number of rotatable bonds is 7. The minimum absolute atomic E-state index is 0.0429. The molecule has 0 aromatic heterocycles. The Balaban J connectivity index is 1.99. The monoisotopic (exact) mass is 490 g/mol. The van der Waals surface area contributed by atoms with Crippen LogP contribution in [0.2, 0.25) is 0 Å². The molecule has 2 N–H and O–H groups in total. The van der Waals surface area contributed by atoms with Crippen LogP contribution >= 0.6 is 27.7 Å². The van der Waals surface area contributed by atoms with Crippen LogP contribution in [-0.2, 0) is 19.1 Å². The van der Waals surface area contributed by atoms with Gasteiger partial charge in [-0.05, 0) is 47.0 Å². The van der Waals surface area contributed by atoms with E-state index in [-0.39, 0.29) is 41.1 Å². The fraction of sp³-hybridized carbons (Fsp3) is 0.850. The van der Waals surface area contributed by atoms with Crippen LogP contribution in [0.3, 0.4) is 0 Å². The van der Waals surface area contributed by atoms with Gasteiger partial charge in [-0.25, -0.2) is 0 Å². The largest absolute Gasteiger partial charge is 0.466 e. The minimum atomic E-state index is -0.637. The van der Waals surface area contributed by atoms with Crippen molar-refractivity contribution in [3.63, 3.8) is 0 Å². The normalized spacial score (nSPS) is 35.7. The molecule has 0 saturated carbocycles. The Morgan fingerprint density at radius 1 is 1.38 bits per heavy atom. The van der Waals surface area contributed by atoms with Gasteiger partial charge in [-0.15, -0.1) is 11.8 Å². The van der Waals surface area contributed by atoms with Gasteiger partial charge < -0.3 is 20.1 Å². The van der Waals surface area contributed by atoms with Crippen molar-refractivity contribution in [1.29, 1.82) is 0 Å². The lowest BCUT2D eigenvalue weighted by molar-refractivity contribution is -0.153. The molecule has 0 aromatic carbocycles. The second-order valence-electron chi connectivity index (χ2n) is 9.12. The van der Waals surface area contributed by atoms with Crippen molar-refractivity contribution < 1.29 is 24.2 Å². The predicted octanol–water partition coefficient (Wildman–Crippen LogP) is 1.70. The number of nitrogens with zero attached hydrogens (tertiary/aromatic N) is 1. The molecule has 9 heteroatoms. The third kappa shape index (κ3) is 3.94. The third-order valence-corrected chi connectivity index (χ3v) is 9.12. The van der Waals surface area contributed by atoms with Crippen LogP contribution in [0.5, 0.6) is 0 Å². The van der Waals surface area contributed by atoms with Gasteiger partial charge in [0, 0.05) is 28.8 Å². The van der Waals surface area contributed by atoms with Gasteiger partial charge >= 0.3 is 5.97 Å². The first-order valence-corrected chi connectivity index (χ1v) is 12.1. The lowest BCUT2D eigenvalue weighted by Gasteiger charge is -2.36. The Morgan fingerprint density at radius 2 is 2.07 bits per heavy atom. The number of esters is 1. The average Bonchev–Trinajstić information content (AvgIpc) is 3.18. The minimum Gasteiger partial charge on any atom is -0.466 e. The number of aliphatic hydroxyl groups excluding tert-OH is 1. The SMILES string of the molecule is CCOC(=O)[C@H]1[C@H]2C(=O)N(CCCCO)C(C(=O)NC(C)(C)C)C23CC(Br)[C@@H]1S3. The molecule has 3 aliphatic heterocycles. The van der Waals surface area contributed by atoms with Crippen molar-refractivity contribution >= 4 is 45.5 Å². The van der Waals surface area contributed by atoms with Crippen molar-refractivity contribution in [1.82, 2.24) is 10.2 Å². The number of alkyl halides is 1. The number of halogens is 1. The lowest BCUT2D eigenvalue weighted by atomic mass is 9.71. The molecule has 0 aromatic rings. The first kappa shape index (κ1) is 22.9. The van der Waals surface area contributed by atoms with Crippen molar-refractivity contribution in [2.24, 2.45) is 11.8 Å². The van der Waals surface area contributed by atoms with Gasteiger partial charge in [0.25, 0.3) is 0 Å². The molecule has 3 fully saturated rings. The number of carbonyl (C=O) groups excluding carboxylic acids is 3. The molecule has 2 bridgehead atoms. The first-order valence-electron chi connectivity index (χ1n) is 10.3. The summed E-state index contributed by atoms with van der Waals surface area (Å²) < 4.78 is 4.68. The number of unbranched alkanes of at least 4 members (excludes halogenated alkanes) is 1. The number of aliphatic hydroxyl groups is 1. The van der Waals surface area contributed by atoms with Crippen molar-refractivity contribution in [2.45, 2.75) is 73.4 Å². The molecule has 7 nitrogen and oxygen atoms in total. The number of hydrogen-bond acceptors (Lipinski definition) is 6. The van der Waals surface area contributed by atoms with Crippen LogP contribution in [0.1, 0.15) is 47.0 Å². The number of amides is 2. The van der Waals surface area contributed by atoms with E-state index in [1.807, 2.05) is 20.8 Å². The summed E-state index contributed by atoms with van der Waals surface area (Å²) in [5.41, 5.74) is -0.429. The van der Waals surface area contributed by atoms with Gasteiger partial charge in [0.2, 0.25) is 11.8 Å². The van der Waals surface area contributed by atoms with E-state index < -0.39 is 28.2 Å². The smallest absolute Gasteiger partial charge is 0.310 e. The summed E-state index contributed by atoms with van der Waals surface area (Å²) in [5.74, 6) is -1.74. The molecular weight excluding hydrogens is 460 g/mol. The predicted molar refractivity (Wildman–Crippen MR) is 115 cm³/mol. The van der Waals surface area contributed by atoms with E-state index >= 15 is 0 Å². The van der Waals surface area contributed by atoms with E-state index in [2.05, 4.69) is 21.2 Å². The van der Waals surface area contributed by atoms with E-state index in [0.29, 0.717) is 25.8 Å². The summed E-state index contributed by atoms with van der Waals surface area (Å²) in [5, 5.41) is 12.1. The number of fused-ring (bicyclic) bond motifs is 1. The second kappa shape index (κ2) is 8.38. The summed E-state index contributed by atoms with van der Waals surface area (Å²) in [6, 6.07) is -0.632. The first-order chi connectivity index (χ1) is 13.6. The number of carbonyl (C=O) groups is 3. The molecule has 6 atom stereocenters. The summed E-state index contributed by atoms with van der Waals surface area (Å²) in [6.45, 7) is 8.22. The van der Waals surface area contributed by atoms with E-state index in [4.69, 9.17) is 9.84 Å². The third-order valence-electron chi connectivity index (χ3n) is 5.90. The van der Waals surface area contributed by atoms with Gasteiger partial charge in [0.05, 0.1) is 23.2 Å². The molecular formula is C20H31BrN2O5S. The number of nitrogens with one attached hydrogen (secondary N) is 1. The van der Waals surface area contributed by atoms with Crippen molar-refractivity contribution in [3.8, 4) is 0 Å². The fourth-order valence-electron chi connectivity index (χ4n) is 5.01. The zero-order valence-corrected chi connectivity index (χ0v) is 19.8. The average molecular weight is 491 g/mol. The Labute approximate surface area is 184 Å². The number of likely N-dealkylation sites (tertiary alicyclic amines) is 1. The molecule has 3 rings (SSSR count). The number of thioether (sulfide) groups is 1. The highest BCUT2D eigenvalue weighted by molar-refractivity contribution is 9.09. The molecule has 0 radical (unpaired) electrons. The summed E-state index contributed by atoms with van der Waals surface area (Å²) in [7, 11) is 0. The van der Waals surface area contributed by atoms with Crippen LogP contribution in [0, 0.1) is 11.8 Å². The van der Waals surface area contributed by atoms with Crippen LogP contribution in [0.15, 0.2) is 0 Å². The molecule has 164 valence electrons. The number of hydrogen-bond donors (Lipinski definition) is 2. The summed E-state index contributed by atoms with van der Waals surface area (Å²) in [4.78, 5) is 41.4. The highest BCUT2D eigenvalue weighted by Gasteiger charge is 2.75. The summed E-state index contributed by atoms with van der Waals surface area (Å²) >= 11 is 5.31. The molecule has 3 unspecified atom stereocenters. The topological polar surface area (TPSA) is 95.9 Å². The maximum Gasteiger partial charge on any atom is 0.310 e. The van der Waals surface area contributed by atoms with Gasteiger partial charge in [0.15, 0.2) is 0 Å². The standard InChI is InChI=1S/C20H31BrN2O5S/c1-5-28-18(27)12-13-17(26)23(8-6-7-9-24)15(16(25)22-19(2,3)4)20(13)10-11(21)14(12)29-20/h11-15,24H,5-10H2,1-4H3,(H,22,25)/t11?,12-,13-,14-,15?,20?/m0/s1. The molecule has 3 saturated heterocycles. The Hall–Kier alpha value is -0.800. The molecule has 0 aliphatic carbocycles. The van der Waals surface area contributed by atoms with Gasteiger partial charge in [-0.2, -0.15) is 0 Å². The Kier molecular flexibility index (Phi) is 6.61. The number of ether oxygens (including phenoxy) is 1. The maximum atomic E-state index is 13.5. The van der Waals surface area contributed by atoms with Crippen LogP contribution in [0.25, 0.3) is 0 Å². The van der Waals surface area contributed by atoms with E-state index in [1.165, 1.54) is 0 Å². The Morgan fingerprint density at radius 3 is 2.66 bits per heavy atom. The molecule has 3 heterocycles. The lowest BCUT2D eigenvalue weighted by Crippen LogP contribution is -2.57. The van der Waals surface area contributed by atoms with Crippen molar-refractivity contribution in [3.05, 3.63) is 0 Å². The quantitative estimate of drug-likeness (QED) is 0.320. The maximum absolute atomic E-state index is 13.5. The van der Waals surface area contributed by atoms with E-state index in [9.17, 15) is 14.4 Å². The van der Waals surface area contributed by atoms with Crippen LogP contribution in [-0.4, -0.2) is 74.0 Å². The summed E-state index contributed by atoms with van der Waals surface area (Å²) in [6.07, 6.45) is 1.83. The highest BCUT2D eigenvalue weighted by Crippen LogP contribution is 2.67. The van der Waals surface area contributed by atoms with E-state index in [1.54, 1.807) is 23.6 Å². The van der Waals surface area contributed by atoms with Gasteiger partial charge in [0.1, 0.15) is 6.04 Å². The van der Waals surface area contributed by atoms with Gasteiger partial charge in [-0.1, -0.05) is 15.9 Å². The molecule has 1 spiro atoms. The zero-order chi connectivity index (χ0) is 21.6. The molecule has 3 aliphatic rings. The Bertz CT molecular complexity index is 684. The highest BCUT2D eigenvalue weighted by atomic mass is 79.9. The van der Waals surface area contributed by atoms with E-state index in [0.717, 1.165) is 0 Å². The van der Waals surface area contributed by atoms with Gasteiger partial charge in [-0.3, -0.25) is 14.4 Å². The molecule has 29 heavy (non-hydrogen) atoms.